The maximum atomic E-state index is 13.9. The van der Waals surface area contributed by atoms with E-state index < -0.39 is 22.0 Å². The molecule has 6 aliphatic rings. The van der Waals surface area contributed by atoms with Crippen LogP contribution in [0.5, 0.6) is 0 Å². The minimum atomic E-state index is -1.11. The molecule has 4 fully saturated rings. The predicted octanol–water partition coefficient (Wildman–Crippen LogP) is 4.08. The fourth-order valence-corrected chi connectivity index (χ4v) is 10.4. The van der Waals surface area contributed by atoms with E-state index in [0.717, 1.165) is 11.8 Å². The van der Waals surface area contributed by atoms with Crippen LogP contribution >= 0.6 is 0 Å². The summed E-state index contributed by atoms with van der Waals surface area (Å²) in [5.41, 5.74) is 1.32. The molecule has 3 saturated carbocycles. The molecule has 27 heavy (non-hydrogen) atoms. The molecule has 1 aliphatic heterocycles. The van der Waals surface area contributed by atoms with E-state index in [1.807, 2.05) is 13.8 Å². The normalized spacial score (nSPS) is 50.9. The summed E-state index contributed by atoms with van der Waals surface area (Å²) in [5, 5.41) is -0.318. The topological polar surface area (TPSA) is 57.2 Å². The van der Waals surface area contributed by atoms with Crippen molar-refractivity contribution >= 4 is 22.7 Å². The summed E-state index contributed by atoms with van der Waals surface area (Å²) in [4.78, 5) is 26.8. The van der Waals surface area contributed by atoms with Gasteiger partial charge in [-0.2, -0.15) is 0 Å². The fraction of sp³-hybridized carbons (Fsp3) is 0.826. The Morgan fingerprint density at radius 1 is 0.963 bits per heavy atom. The Hall–Kier alpha value is -0.610. The Morgan fingerprint density at radius 3 is 2.19 bits per heavy atom. The van der Waals surface area contributed by atoms with Gasteiger partial charge in [0.1, 0.15) is 16.8 Å². The first-order valence-corrected chi connectivity index (χ1v) is 12.2. The largest absolute Gasteiger partial charge is 0.616 e. The third kappa shape index (κ3) is 2.26. The number of hydrogen-bond acceptors (Lipinski definition) is 3. The molecule has 148 valence electrons. The molecule has 4 heteroatoms. The lowest BCUT2D eigenvalue weighted by atomic mass is 9.63. The summed E-state index contributed by atoms with van der Waals surface area (Å²) in [6.07, 6.45) is 6.66. The monoisotopic (exact) mass is 388 g/mol. The van der Waals surface area contributed by atoms with Crippen LogP contribution in [0.3, 0.4) is 0 Å². The van der Waals surface area contributed by atoms with Crippen molar-refractivity contribution in [2.75, 3.05) is 5.75 Å². The second kappa shape index (κ2) is 5.72. The van der Waals surface area contributed by atoms with Gasteiger partial charge in [-0.1, -0.05) is 19.4 Å². The van der Waals surface area contributed by atoms with Crippen LogP contribution in [-0.2, 0) is 20.8 Å². The third-order valence-electron chi connectivity index (χ3n) is 9.03. The van der Waals surface area contributed by atoms with Gasteiger partial charge in [0.2, 0.25) is 0 Å². The molecule has 1 heterocycles. The molecule has 0 radical (unpaired) electrons. The number of carbonyl (C=O) groups excluding carboxylic acids is 2. The number of rotatable bonds is 1. The first-order valence-electron chi connectivity index (χ1n) is 10.8. The van der Waals surface area contributed by atoms with Gasteiger partial charge in [-0.05, 0) is 86.4 Å². The van der Waals surface area contributed by atoms with Crippen LogP contribution in [0.25, 0.3) is 0 Å². The van der Waals surface area contributed by atoms with Gasteiger partial charge < -0.3 is 4.55 Å². The molecule has 6 rings (SSSR count). The van der Waals surface area contributed by atoms with Gasteiger partial charge in [0.15, 0.2) is 5.78 Å². The zero-order chi connectivity index (χ0) is 19.3. The number of fused-ring (bicyclic) bond motifs is 1. The molecule has 0 spiro atoms. The number of hydrogen-bond donors (Lipinski definition) is 0. The Bertz CT molecular complexity index is 739. The van der Waals surface area contributed by atoms with Crippen LogP contribution in [-0.4, -0.2) is 27.1 Å². The lowest BCUT2D eigenvalue weighted by molar-refractivity contribution is -0.134. The van der Waals surface area contributed by atoms with Crippen LogP contribution in [0, 0.1) is 40.4 Å². The quantitative estimate of drug-likeness (QED) is 0.502. The van der Waals surface area contributed by atoms with Crippen molar-refractivity contribution in [3.63, 3.8) is 0 Å². The van der Waals surface area contributed by atoms with E-state index in [1.54, 1.807) is 0 Å². The molecule has 0 aromatic heterocycles. The third-order valence-corrected chi connectivity index (χ3v) is 10.9. The molecule has 0 aromatic carbocycles. The van der Waals surface area contributed by atoms with Crippen molar-refractivity contribution in [1.82, 2.24) is 0 Å². The second-order valence-electron chi connectivity index (χ2n) is 10.9. The Kier molecular flexibility index (Phi) is 3.90. The van der Waals surface area contributed by atoms with Gasteiger partial charge in [-0.25, -0.2) is 0 Å². The van der Waals surface area contributed by atoms with Crippen LogP contribution < -0.4 is 0 Å². The van der Waals surface area contributed by atoms with Crippen molar-refractivity contribution in [1.29, 1.82) is 0 Å². The molecule has 0 amide bonds. The van der Waals surface area contributed by atoms with Crippen LogP contribution in [0.2, 0.25) is 0 Å². The van der Waals surface area contributed by atoms with Gasteiger partial charge in [0.05, 0.1) is 17.8 Å². The first kappa shape index (κ1) is 18.4. The maximum Gasteiger partial charge on any atom is 0.154 e. The molecule has 5 aliphatic carbocycles. The van der Waals surface area contributed by atoms with Crippen LogP contribution in [0.1, 0.15) is 66.2 Å². The maximum absolute atomic E-state index is 13.9. The molecule has 0 N–H and O–H groups in total. The summed E-state index contributed by atoms with van der Waals surface area (Å²) >= 11 is -1.11. The van der Waals surface area contributed by atoms with E-state index in [9.17, 15) is 14.1 Å². The van der Waals surface area contributed by atoms with E-state index in [2.05, 4.69) is 13.8 Å². The fourth-order valence-electron chi connectivity index (χ4n) is 8.21. The Labute approximate surface area is 165 Å². The minimum Gasteiger partial charge on any atom is -0.616 e. The van der Waals surface area contributed by atoms with Gasteiger partial charge in [-0.3, -0.25) is 9.59 Å². The van der Waals surface area contributed by atoms with Crippen molar-refractivity contribution in [3.05, 3.63) is 11.1 Å². The average Bonchev–Trinajstić information content (AvgIpc) is 2.67. The van der Waals surface area contributed by atoms with Gasteiger partial charge >= 0.3 is 0 Å². The highest BCUT2D eigenvalue weighted by Gasteiger charge is 2.71. The molecule has 4 bridgehead atoms. The zero-order valence-corrected chi connectivity index (χ0v) is 17.9. The standard InChI is InChI=1S/C23H32O3S/c1-12-15-8-13-7-14(9-15)11-16(10-13)18(12)23(4)20-19(22(2,3)21(23)25)17(24)5-6-27(20)26/h13-16,19-20H,5-11H2,1-4H3. The molecular weight excluding hydrogens is 356 g/mol. The van der Waals surface area contributed by atoms with Gasteiger partial charge in [0, 0.05) is 5.41 Å². The summed E-state index contributed by atoms with van der Waals surface area (Å²) in [6, 6.07) is 0. The number of allylic oxidation sites excluding steroid dienone is 2. The highest BCUT2D eigenvalue weighted by Crippen LogP contribution is 2.64. The number of Topliss-reactive ketones (excluding diaryl/α,β-unsaturated/α-hetero) is 2. The van der Waals surface area contributed by atoms with Crippen molar-refractivity contribution in [2.45, 2.75) is 71.5 Å². The first-order chi connectivity index (χ1) is 12.7. The van der Waals surface area contributed by atoms with E-state index in [-0.39, 0.29) is 22.7 Å². The molecule has 0 aromatic rings. The molecule has 6 atom stereocenters. The zero-order valence-electron chi connectivity index (χ0n) is 17.0. The predicted molar refractivity (Wildman–Crippen MR) is 107 cm³/mol. The minimum absolute atomic E-state index is 0.166. The average molecular weight is 389 g/mol. The summed E-state index contributed by atoms with van der Waals surface area (Å²) in [5.74, 6) is 3.05. The molecule has 3 nitrogen and oxygen atoms in total. The Balaban J connectivity index is 1.70. The van der Waals surface area contributed by atoms with E-state index in [4.69, 9.17) is 0 Å². The molecule has 1 saturated heterocycles. The smallest absolute Gasteiger partial charge is 0.154 e. The van der Waals surface area contributed by atoms with Crippen LogP contribution in [0.15, 0.2) is 11.1 Å². The van der Waals surface area contributed by atoms with Gasteiger partial charge in [0.25, 0.3) is 0 Å². The summed E-state index contributed by atoms with van der Waals surface area (Å²) in [7, 11) is 0. The molecular formula is C23H32O3S. The Morgan fingerprint density at radius 2 is 1.56 bits per heavy atom. The van der Waals surface area contributed by atoms with E-state index in [0.29, 0.717) is 24.0 Å². The summed E-state index contributed by atoms with van der Waals surface area (Å²) < 4.78 is 13.3. The van der Waals surface area contributed by atoms with Crippen molar-refractivity contribution < 1.29 is 14.1 Å². The van der Waals surface area contributed by atoms with Crippen LogP contribution in [0.4, 0.5) is 0 Å². The lowest BCUT2D eigenvalue weighted by Crippen LogP contribution is -2.50. The van der Waals surface area contributed by atoms with Crippen molar-refractivity contribution in [3.8, 4) is 0 Å². The molecule has 6 unspecified atom stereocenters. The number of carbonyl (C=O) groups is 2. The lowest BCUT2D eigenvalue weighted by Gasteiger charge is -2.43. The SMILES string of the molecule is CC1=C(C2(C)C(=O)C(C)(C)C3C(=O)CC[S+]([O-])C32)C2CC3CC(CC1C3)C2. The second-order valence-corrected chi connectivity index (χ2v) is 12.5. The highest BCUT2D eigenvalue weighted by molar-refractivity contribution is 7.92. The number of ketones is 2. The van der Waals surface area contributed by atoms with Gasteiger partial charge in [-0.15, -0.1) is 0 Å². The van der Waals surface area contributed by atoms with E-state index >= 15 is 0 Å². The summed E-state index contributed by atoms with van der Waals surface area (Å²) in [6.45, 7) is 8.21. The van der Waals surface area contributed by atoms with E-state index in [1.165, 1.54) is 43.3 Å². The highest BCUT2D eigenvalue weighted by atomic mass is 32.2. The van der Waals surface area contributed by atoms with Crippen molar-refractivity contribution in [2.24, 2.45) is 40.4 Å².